The molecule has 0 bridgehead atoms. The summed E-state index contributed by atoms with van der Waals surface area (Å²) in [5.41, 5.74) is 0. The molecule has 3 heteroatoms. The summed E-state index contributed by atoms with van der Waals surface area (Å²) in [4.78, 5) is 4.40. The van der Waals surface area contributed by atoms with Gasteiger partial charge in [0.15, 0.2) is 0 Å². The van der Waals surface area contributed by atoms with E-state index in [0.29, 0.717) is 6.04 Å². The Morgan fingerprint density at radius 1 is 1.62 bits per heavy atom. The Morgan fingerprint density at radius 3 is 3.08 bits per heavy atom. The molecule has 0 saturated carbocycles. The van der Waals surface area contributed by atoms with Gasteiger partial charge in [0.2, 0.25) is 0 Å². The molecule has 76 valence electrons. The zero-order valence-electron chi connectivity index (χ0n) is 8.68. The van der Waals surface area contributed by atoms with E-state index in [9.17, 15) is 0 Å². The van der Waals surface area contributed by atoms with Crippen molar-refractivity contribution in [2.24, 2.45) is 4.99 Å². The fourth-order valence-electron chi connectivity index (χ4n) is 1.42. The molecule has 1 aliphatic heterocycles. The molecule has 1 N–H and O–H groups in total. The Hall–Kier alpha value is -0.180. The molecular formula is C10H20N2S. The number of rotatable bonds is 5. The molecule has 2 nitrogen and oxygen atoms in total. The average molecular weight is 200 g/mol. The summed E-state index contributed by atoms with van der Waals surface area (Å²) < 4.78 is 0. The fraction of sp³-hybridized carbons (Fsp3) is 0.900. The maximum absolute atomic E-state index is 4.40. The number of hydrogen-bond donors (Lipinski definition) is 1. The molecule has 0 amide bonds. The molecule has 1 rings (SSSR count). The van der Waals surface area contributed by atoms with Crippen molar-refractivity contribution in [2.45, 2.75) is 39.2 Å². The van der Waals surface area contributed by atoms with Gasteiger partial charge in [-0.3, -0.25) is 4.99 Å². The highest BCUT2D eigenvalue weighted by Crippen LogP contribution is 2.06. The molecule has 0 aliphatic carbocycles. The van der Waals surface area contributed by atoms with Crippen molar-refractivity contribution >= 4 is 17.6 Å². The number of aliphatic imine (C=N–C) groups is 1. The Bertz CT molecular complexity index is 168. The van der Waals surface area contributed by atoms with E-state index < -0.39 is 0 Å². The summed E-state index contributed by atoms with van der Waals surface area (Å²) in [6, 6.07) is 0.593. The van der Waals surface area contributed by atoms with Crippen LogP contribution in [0.25, 0.3) is 0 Å². The van der Waals surface area contributed by atoms with E-state index in [1.807, 2.05) is 11.8 Å². The van der Waals surface area contributed by atoms with Gasteiger partial charge in [0.05, 0.1) is 5.84 Å². The van der Waals surface area contributed by atoms with Crippen molar-refractivity contribution in [2.75, 3.05) is 18.1 Å². The molecule has 1 aliphatic rings. The molecule has 1 heterocycles. The van der Waals surface area contributed by atoms with E-state index in [-0.39, 0.29) is 0 Å². The summed E-state index contributed by atoms with van der Waals surface area (Å²) in [6.07, 6.45) is 3.64. The summed E-state index contributed by atoms with van der Waals surface area (Å²) in [7, 11) is 0. The number of hydrogen-bond acceptors (Lipinski definition) is 3. The van der Waals surface area contributed by atoms with Crippen molar-refractivity contribution in [3.8, 4) is 0 Å². The first-order chi connectivity index (χ1) is 6.33. The van der Waals surface area contributed by atoms with Crippen LogP contribution in [0.5, 0.6) is 0 Å². The molecule has 1 unspecified atom stereocenters. The Kier molecular flexibility index (Phi) is 5.28. The minimum absolute atomic E-state index is 0.593. The van der Waals surface area contributed by atoms with Crippen LogP contribution < -0.4 is 5.32 Å². The lowest BCUT2D eigenvalue weighted by Gasteiger charge is -2.14. The van der Waals surface area contributed by atoms with Gasteiger partial charge in [-0.2, -0.15) is 11.8 Å². The molecule has 0 spiro atoms. The summed E-state index contributed by atoms with van der Waals surface area (Å²) >= 11 is 2.01. The molecule has 0 aromatic rings. The standard InChI is InChI=1S/C10H20N2S/c1-3-13-8-6-9(2)12-10-5-4-7-11-10/h9H,3-8H2,1-2H3,(H,11,12). The largest absolute Gasteiger partial charge is 0.371 e. The van der Waals surface area contributed by atoms with Crippen molar-refractivity contribution in [1.82, 2.24) is 5.32 Å². The van der Waals surface area contributed by atoms with Crippen molar-refractivity contribution in [3.63, 3.8) is 0 Å². The van der Waals surface area contributed by atoms with Crippen LogP contribution in [0.2, 0.25) is 0 Å². The van der Waals surface area contributed by atoms with Gasteiger partial charge in [-0.05, 0) is 31.3 Å². The Morgan fingerprint density at radius 2 is 2.46 bits per heavy atom. The van der Waals surface area contributed by atoms with E-state index in [0.717, 1.165) is 13.0 Å². The first-order valence-corrected chi connectivity index (χ1v) is 6.36. The number of amidine groups is 1. The lowest BCUT2D eigenvalue weighted by atomic mass is 10.2. The third-order valence-corrected chi connectivity index (χ3v) is 3.12. The zero-order chi connectivity index (χ0) is 9.52. The van der Waals surface area contributed by atoms with Crippen LogP contribution in [-0.4, -0.2) is 29.9 Å². The summed E-state index contributed by atoms with van der Waals surface area (Å²) in [5.74, 6) is 3.72. The predicted molar refractivity (Wildman–Crippen MR) is 61.7 cm³/mol. The maximum atomic E-state index is 4.40. The average Bonchev–Trinajstić information content (AvgIpc) is 2.57. The third kappa shape index (κ3) is 4.55. The molecule has 0 radical (unpaired) electrons. The van der Waals surface area contributed by atoms with E-state index in [1.54, 1.807) is 0 Å². The summed E-state index contributed by atoms with van der Waals surface area (Å²) in [5, 5.41) is 3.47. The van der Waals surface area contributed by atoms with E-state index in [1.165, 1.54) is 30.2 Å². The van der Waals surface area contributed by atoms with Gasteiger partial charge >= 0.3 is 0 Å². The molecule has 13 heavy (non-hydrogen) atoms. The zero-order valence-corrected chi connectivity index (χ0v) is 9.49. The van der Waals surface area contributed by atoms with E-state index >= 15 is 0 Å². The third-order valence-electron chi connectivity index (χ3n) is 2.19. The smallest absolute Gasteiger partial charge is 0.0965 e. The van der Waals surface area contributed by atoms with Gasteiger partial charge in [-0.25, -0.2) is 0 Å². The fourth-order valence-corrected chi connectivity index (χ4v) is 2.23. The molecular weight excluding hydrogens is 180 g/mol. The minimum atomic E-state index is 0.593. The van der Waals surface area contributed by atoms with Crippen LogP contribution >= 0.6 is 11.8 Å². The van der Waals surface area contributed by atoms with Crippen molar-refractivity contribution < 1.29 is 0 Å². The Balaban J connectivity index is 2.06. The van der Waals surface area contributed by atoms with Gasteiger partial charge in [0.25, 0.3) is 0 Å². The first-order valence-electron chi connectivity index (χ1n) is 5.20. The van der Waals surface area contributed by atoms with E-state index in [2.05, 4.69) is 24.2 Å². The lowest BCUT2D eigenvalue weighted by molar-refractivity contribution is 0.642. The molecule has 0 aromatic heterocycles. The highest BCUT2D eigenvalue weighted by Gasteiger charge is 2.08. The maximum Gasteiger partial charge on any atom is 0.0965 e. The normalized spacial score (nSPS) is 18.5. The topological polar surface area (TPSA) is 24.4 Å². The molecule has 0 aromatic carbocycles. The number of nitrogens with zero attached hydrogens (tertiary/aromatic N) is 1. The number of thioether (sulfide) groups is 1. The number of nitrogens with one attached hydrogen (secondary N) is 1. The summed E-state index contributed by atoms with van der Waals surface area (Å²) in [6.45, 7) is 5.49. The first kappa shape index (κ1) is 10.9. The highest BCUT2D eigenvalue weighted by molar-refractivity contribution is 7.99. The van der Waals surface area contributed by atoms with Gasteiger partial charge in [0.1, 0.15) is 0 Å². The van der Waals surface area contributed by atoms with Crippen molar-refractivity contribution in [1.29, 1.82) is 0 Å². The monoisotopic (exact) mass is 200 g/mol. The van der Waals surface area contributed by atoms with Gasteiger partial charge < -0.3 is 5.32 Å². The quantitative estimate of drug-likeness (QED) is 0.689. The van der Waals surface area contributed by atoms with Gasteiger partial charge in [0, 0.05) is 19.0 Å². The van der Waals surface area contributed by atoms with Crippen LogP contribution in [-0.2, 0) is 0 Å². The van der Waals surface area contributed by atoms with Crippen LogP contribution in [0.1, 0.15) is 33.1 Å². The SMILES string of the molecule is CCSCCC(C)NC1=NCCC1. The second kappa shape index (κ2) is 6.30. The Labute approximate surface area is 85.6 Å². The van der Waals surface area contributed by atoms with Crippen LogP contribution in [0.4, 0.5) is 0 Å². The van der Waals surface area contributed by atoms with Crippen LogP contribution in [0.15, 0.2) is 4.99 Å². The second-order valence-corrected chi connectivity index (χ2v) is 4.86. The van der Waals surface area contributed by atoms with Gasteiger partial charge in [-0.1, -0.05) is 6.92 Å². The molecule has 0 saturated heterocycles. The van der Waals surface area contributed by atoms with Crippen molar-refractivity contribution in [3.05, 3.63) is 0 Å². The minimum Gasteiger partial charge on any atom is -0.371 e. The van der Waals surface area contributed by atoms with E-state index in [4.69, 9.17) is 0 Å². The van der Waals surface area contributed by atoms with Crippen LogP contribution in [0.3, 0.4) is 0 Å². The second-order valence-electron chi connectivity index (χ2n) is 3.46. The van der Waals surface area contributed by atoms with Gasteiger partial charge in [-0.15, -0.1) is 0 Å². The molecule has 0 fully saturated rings. The highest BCUT2D eigenvalue weighted by atomic mass is 32.2. The van der Waals surface area contributed by atoms with Crippen LogP contribution in [0, 0.1) is 0 Å². The lowest BCUT2D eigenvalue weighted by Crippen LogP contribution is -2.31. The predicted octanol–water partition coefficient (Wildman–Crippen LogP) is 2.30. The molecule has 1 atom stereocenters.